The number of carbonyl (C=O) groups excluding carboxylic acids is 1. The second-order valence-corrected chi connectivity index (χ2v) is 6.12. The number of likely N-dealkylation sites (tertiary alicyclic amines) is 1. The summed E-state index contributed by atoms with van der Waals surface area (Å²) in [7, 11) is 0. The molecule has 0 aliphatic carbocycles. The van der Waals surface area contributed by atoms with E-state index in [1.807, 2.05) is 36.1 Å². The normalized spacial score (nSPS) is 22.7. The predicted octanol–water partition coefficient (Wildman–Crippen LogP) is 2.94. The SMILES string of the molecule is Cc1cccc2cc(C(=O)N3CCC(C)CC3CN)oc12. The molecular formula is C17H22N2O2. The Morgan fingerprint density at radius 3 is 3.00 bits per heavy atom. The van der Waals surface area contributed by atoms with Crippen LogP contribution in [0, 0.1) is 12.8 Å². The van der Waals surface area contributed by atoms with Crippen molar-refractivity contribution in [3.05, 3.63) is 35.6 Å². The number of benzene rings is 1. The van der Waals surface area contributed by atoms with Crippen LogP contribution in [0.3, 0.4) is 0 Å². The van der Waals surface area contributed by atoms with E-state index in [9.17, 15) is 4.79 Å². The van der Waals surface area contributed by atoms with Gasteiger partial charge in [-0.05, 0) is 37.3 Å². The summed E-state index contributed by atoms with van der Waals surface area (Å²) in [5, 5.41) is 0.980. The minimum absolute atomic E-state index is 0.0343. The average molecular weight is 286 g/mol. The van der Waals surface area contributed by atoms with Crippen LogP contribution in [0.5, 0.6) is 0 Å². The van der Waals surface area contributed by atoms with Gasteiger partial charge < -0.3 is 15.1 Å². The van der Waals surface area contributed by atoms with Gasteiger partial charge in [-0.2, -0.15) is 0 Å². The third kappa shape index (κ3) is 2.56. The molecule has 21 heavy (non-hydrogen) atoms. The first kappa shape index (κ1) is 14.1. The molecular weight excluding hydrogens is 264 g/mol. The maximum atomic E-state index is 12.7. The lowest BCUT2D eigenvalue weighted by molar-refractivity contribution is 0.0544. The number of aryl methyl sites for hydroxylation is 1. The fraction of sp³-hybridized carbons (Fsp3) is 0.471. The summed E-state index contributed by atoms with van der Waals surface area (Å²) in [5.41, 5.74) is 7.70. The topological polar surface area (TPSA) is 59.5 Å². The van der Waals surface area contributed by atoms with Gasteiger partial charge in [0.05, 0.1) is 0 Å². The average Bonchev–Trinajstić information content (AvgIpc) is 2.92. The van der Waals surface area contributed by atoms with Crippen molar-refractivity contribution in [3.8, 4) is 0 Å². The van der Waals surface area contributed by atoms with Gasteiger partial charge in [-0.15, -0.1) is 0 Å². The van der Waals surface area contributed by atoms with Gasteiger partial charge in [0.2, 0.25) is 0 Å². The molecule has 4 heteroatoms. The standard InChI is InChI=1S/C17H22N2O2/c1-11-6-7-19(14(8-11)10-18)17(20)15-9-13-5-3-4-12(2)16(13)21-15/h3-5,9,11,14H,6-8,10,18H2,1-2H3. The summed E-state index contributed by atoms with van der Waals surface area (Å²) in [6.45, 7) is 5.48. The van der Waals surface area contributed by atoms with E-state index in [0.29, 0.717) is 18.2 Å². The molecule has 1 aliphatic rings. The number of nitrogens with zero attached hydrogens (tertiary/aromatic N) is 1. The Morgan fingerprint density at radius 1 is 1.48 bits per heavy atom. The number of furan rings is 1. The molecule has 2 heterocycles. The van der Waals surface area contributed by atoms with Crippen molar-refractivity contribution in [2.45, 2.75) is 32.7 Å². The molecule has 1 aromatic heterocycles. The van der Waals surface area contributed by atoms with E-state index in [1.165, 1.54) is 0 Å². The third-order valence-electron chi connectivity index (χ3n) is 4.46. The lowest BCUT2D eigenvalue weighted by Gasteiger charge is -2.37. The molecule has 0 bridgehead atoms. The number of hydrogen-bond donors (Lipinski definition) is 1. The third-order valence-corrected chi connectivity index (χ3v) is 4.46. The number of para-hydroxylation sites is 1. The lowest BCUT2D eigenvalue weighted by Crippen LogP contribution is -2.49. The van der Waals surface area contributed by atoms with Crippen LogP contribution in [0.2, 0.25) is 0 Å². The summed E-state index contributed by atoms with van der Waals surface area (Å²) in [4.78, 5) is 14.6. The molecule has 0 spiro atoms. The smallest absolute Gasteiger partial charge is 0.289 e. The highest BCUT2D eigenvalue weighted by Crippen LogP contribution is 2.27. The van der Waals surface area contributed by atoms with Gasteiger partial charge in [-0.3, -0.25) is 4.79 Å². The summed E-state index contributed by atoms with van der Waals surface area (Å²) in [6.07, 6.45) is 2.00. The number of fused-ring (bicyclic) bond motifs is 1. The first-order chi connectivity index (χ1) is 10.1. The van der Waals surface area contributed by atoms with Crippen LogP contribution in [0.1, 0.15) is 35.9 Å². The second-order valence-electron chi connectivity index (χ2n) is 6.12. The molecule has 0 radical (unpaired) electrons. The van der Waals surface area contributed by atoms with Crippen LogP contribution >= 0.6 is 0 Å². The number of nitrogens with two attached hydrogens (primary N) is 1. The molecule has 1 aliphatic heterocycles. The van der Waals surface area contributed by atoms with Gasteiger partial charge in [0, 0.05) is 24.5 Å². The Balaban J connectivity index is 1.91. The van der Waals surface area contributed by atoms with Crippen LogP contribution < -0.4 is 5.73 Å². The van der Waals surface area contributed by atoms with Gasteiger partial charge in [-0.1, -0.05) is 25.1 Å². The molecule has 1 aromatic carbocycles. The van der Waals surface area contributed by atoms with Gasteiger partial charge >= 0.3 is 0 Å². The maximum Gasteiger partial charge on any atom is 0.289 e. The number of hydrogen-bond acceptors (Lipinski definition) is 3. The highest BCUT2D eigenvalue weighted by molar-refractivity contribution is 5.96. The van der Waals surface area contributed by atoms with E-state index in [0.717, 1.165) is 35.9 Å². The molecule has 2 aromatic rings. The van der Waals surface area contributed by atoms with E-state index < -0.39 is 0 Å². The summed E-state index contributed by atoms with van der Waals surface area (Å²) < 4.78 is 5.80. The van der Waals surface area contributed by atoms with E-state index in [-0.39, 0.29) is 11.9 Å². The zero-order valence-corrected chi connectivity index (χ0v) is 12.6. The zero-order chi connectivity index (χ0) is 15.0. The molecule has 1 fully saturated rings. The molecule has 2 unspecified atom stereocenters. The molecule has 112 valence electrons. The fourth-order valence-corrected chi connectivity index (χ4v) is 3.20. The van der Waals surface area contributed by atoms with Crippen LogP contribution in [0.25, 0.3) is 11.0 Å². The fourth-order valence-electron chi connectivity index (χ4n) is 3.20. The van der Waals surface area contributed by atoms with Crippen LogP contribution in [0.15, 0.2) is 28.7 Å². The second kappa shape index (κ2) is 5.53. The maximum absolute atomic E-state index is 12.7. The predicted molar refractivity (Wildman–Crippen MR) is 83.2 cm³/mol. The highest BCUT2D eigenvalue weighted by atomic mass is 16.3. The molecule has 0 saturated carbocycles. The number of amides is 1. The summed E-state index contributed by atoms with van der Waals surface area (Å²) >= 11 is 0. The number of piperidine rings is 1. The minimum Gasteiger partial charge on any atom is -0.451 e. The van der Waals surface area contributed by atoms with Gasteiger partial charge in [0.1, 0.15) is 5.58 Å². The molecule has 1 amide bonds. The largest absolute Gasteiger partial charge is 0.451 e. The molecule has 2 atom stereocenters. The van der Waals surface area contributed by atoms with Crippen molar-refractivity contribution in [2.24, 2.45) is 11.7 Å². The molecule has 2 N–H and O–H groups in total. The summed E-state index contributed by atoms with van der Waals surface area (Å²) in [6, 6.07) is 7.91. The molecule has 1 saturated heterocycles. The highest BCUT2D eigenvalue weighted by Gasteiger charge is 2.31. The minimum atomic E-state index is -0.0343. The van der Waals surface area contributed by atoms with Crippen molar-refractivity contribution in [2.75, 3.05) is 13.1 Å². The van der Waals surface area contributed by atoms with E-state index >= 15 is 0 Å². The molecule has 3 rings (SSSR count). The Hall–Kier alpha value is -1.81. The monoisotopic (exact) mass is 286 g/mol. The number of rotatable bonds is 2. The first-order valence-corrected chi connectivity index (χ1v) is 7.60. The summed E-state index contributed by atoms with van der Waals surface area (Å²) in [5.74, 6) is 1.01. The Bertz CT molecular complexity index is 662. The van der Waals surface area contributed by atoms with E-state index in [4.69, 9.17) is 10.2 Å². The van der Waals surface area contributed by atoms with Crippen LogP contribution in [-0.2, 0) is 0 Å². The van der Waals surface area contributed by atoms with Crippen LogP contribution in [-0.4, -0.2) is 29.9 Å². The van der Waals surface area contributed by atoms with E-state index in [2.05, 4.69) is 6.92 Å². The van der Waals surface area contributed by atoms with Gasteiger partial charge in [0.15, 0.2) is 5.76 Å². The zero-order valence-electron chi connectivity index (χ0n) is 12.6. The van der Waals surface area contributed by atoms with Gasteiger partial charge in [0.25, 0.3) is 5.91 Å². The lowest BCUT2D eigenvalue weighted by atomic mass is 9.92. The van der Waals surface area contributed by atoms with E-state index in [1.54, 1.807) is 0 Å². The van der Waals surface area contributed by atoms with Crippen LogP contribution in [0.4, 0.5) is 0 Å². The van der Waals surface area contributed by atoms with Crippen molar-refractivity contribution in [1.29, 1.82) is 0 Å². The van der Waals surface area contributed by atoms with Crippen molar-refractivity contribution in [3.63, 3.8) is 0 Å². The molecule has 4 nitrogen and oxygen atoms in total. The van der Waals surface area contributed by atoms with Crippen molar-refractivity contribution < 1.29 is 9.21 Å². The Kier molecular flexibility index (Phi) is 3.72. The van der Waals surface area contributed by atoms with Crippen molar-refractivity contribution >= 4 is 16.9 Å². The Labute approximate surface area is 124 Å². The Morgan fingerprint density at radius 2 is 2.29 bits per heavy atom. The first-order valence-electron chi connectivity index (χ1n) is 7.60. The van der Waals surface area contributed by atoms with Gasteiger partial charge in [-0.25, -0.2) is 0 Å². The quantitative estimate of drug-likeness (QED) is 0.923. The van der Waals surface area contributed by atoms with Crippen molar-refractivity contribution in [1.82, 2.24) is 4.90 Å². The number of carbonyl (C=O) groups is 1.